The maximum absolute atomic E-state index is 12.7. The van der Waals surface area contributed by atoms with Gasteiger partial charge in [-0.2, -0.15) is 18.3 Å². The molecule has 2 aromatic rings. The molecule has 148 valence electrons. The van der Waals surface area contributed by atoms with E-state index in [1.807, 2.05) is 0 Å². The molecular weight excluding hydrogens is 373 g/mol. The van der Waals surface area contributed by atoms with E-state index >= 15 is 0 Å². The molecule has 0 radical (unpaired) electrons. The van der Waals surface area contributed by atoms with Gasteiger partial charge in [-0.1, -0.05) is 18.7 Å². The van der Waals surface area contributed by atoms with Crippen molar-refractivity contribution in [1.29, 1.82) is 0 Å². The van der Waals surface area contributed by atoms with Gasteiger partial charge < -0.3 is 9.80 Å². The predicted octanol–water partition coefficient (Wildman–Crippen LogP) is 2.95. The molecule has 1 saturated heterocycles. The van der Waals surface area contributed by atoms with Crippen molar-refractivity contribution < 1.29 is 22.8 Å². The normalized spacial score (nSPS) is 16.9. The first-order valence-electron chi connectivity index (χ1n) is 8.62. The standard InChI is InChI=1S/C19H19F3N4O2/c1-3-17(27)26-9-8-14(11-26)25(2)18(28)16-10-15(23-24-16)12-4-6-13(7-5-12)19(20,21)22/h3-7,10,14H,1,8-9,11H2,2H3,(H,23,24)/t14-/m0/s1. The number of benzene rings is 1. The molecular formula is C19H19F3N4O2. The summed E-state index contributed by atoms with van der Waals surface area (Å²) in [5, 5.41) is 6.67. The number of alkyl halides is 3. The largest absolute Gasteiger partial charge is 0.416 e. The number of halogens is 3. The Hall–Kier alpha value is -3.10. The molecule has 1 aromatic carbocycles. The maximum Gasteiger partial charge on any atom is 0.416 e. The van der Waals surface area contributed by atoms with Gasteiger partial charge in [-0.3, -0.25) is 14.7 Å². The molecule has 1 atom stereocenters. The van der Waals surface area contributed by atoms with E-state index in [1.54, 1.807) is 16.8 Å². The zero-order chi connectivity index (χ0) is 20.5. The van der Waals surface area contributed by atoms with Crippen molar-refractivity contribution in [2.75, 3.05) is 20.1 Å². The third-order valence-electron chi connectivity index (χ3n) is 4.83. The summed E-state index contributed by atoms with van der Waals surface area (Å²) in [6.45, 7) is 4.43. The molecule has 1 fully saturated rings. The number of aromatic nitrogens is 2. The summed E-state index contributed by atoms with van der Waals surface area (Å²) >= 11 is 0. The van der Waals surface area contributed by atoms with E-state index in [4.69, 9.17) is 0 Å². The highest BCUT2D eigenvalue weighted by Crippen LogP contribution is 2.30. The summed E-state index contributed by atoms with van der Waals surface area (Å²) in [6.07, 6.45) is -2.51. The van der Waals surface area contributed by atoms with Crippen LogP contribution in [0, 0.1) is 0 Å². The summed E-state index contributed by atoms with van der Waals surface area (Å²) in [4.78, 5) is 27.5. The molecule has 1 aliphatic rings. The number of hydrogen-bond donors (Lipinski definition) is 1. The lowest BCUT2D eigenvalue weighted by atomic mass is 10.1. The average Bonchev–Trinajstić information content (AvgIpc) is 3.35. The number of carbonyl (C=O) groups is 2. The number of likely N-dealkylation sites (tertiary alicyclic amines) is 1. The second-order valence-corrected chi connectivity index (χ2v) is 6.59. The number of nitrogens with zero attached hydrogens (tertiary/aromatic N) is 3. The first-order chi connectivity index (χ1) is 13.2. The first kappa shape index (κ1) is 19.7. The zero-order valence-corrected chi connectivity index (χ0v) is 15.2. The highest BCUT2D eigenvalue weighted by molar-refractivity contribution is 5.93. The van der Waals surface area contributed by atoms with Crippen molar-refractivity contribution in [2.45, 2.75) is 18.6 Å². The summed E-state index contributed by atoms with van der Waals surface area (Å²) in [6, 6.07) is 5.94. The topological polar surface area (TPSA) is 69.3 Å². The van der Waals surface area contributed by atoms with Crippen molar-refractivity contribution in [3.8, 4) is 11.3 Å². The van der Waals surface area contributed by atoms with E-state index in [0.717, 1.165) is 12.1 Å². The van der Waals surface area contributed by atoms with Crippen LogP contribution in [-0.2, 0) is 11.0 Å². The smallest absolute Gasteiger partial charge is 0.337 e. The van der Waals surface area contributed by atoms with Crippen molar-refractivity contribution in [1.82, 2.24) is 20.0 Å². The van der Waals surface area contributed by atoms with Crippen LogP contribution >= 0.6 is 0 Å². The highest BCUT2D eigenvalue weighted by Gasteiger charge is 2.32. The fourth-order valence-electron chi connectivity index (χ4n) is 3.15. The first-order valence-corrected chi connectivity index (χ1v) is 8.62. The number of H-pyrrole nitrogens is 1. The molecule has 0 spiro atoms. The zero-order valence-electron chi connectivity index (χ0n) is 15.2. The van der Waals surface area contributed by atoms with Crippen LogP contribution in [-0.4, -0.2) is 58.0 Å². The third-order valence-corrected chi connectivity index (χ3v) is 4.83. The molecule has 28 heavy (non-hydrogen) atoms. The Kier molecular flexibility index (Phi) is 5.26. The minimum atomic E-state index is -4.41. The van der Waals surface area contributed by atoms with Gasteiger partial charge in [0.1, 0.15) is 5.69 Å². The number of likely N-dealkylation sites (N-methyl/N-ethyl adjacent to an activating group) is 1. The molecule has 1 aliphatic heterocycles. The number of amides is 2. The van der Waals surface area contributed by atoms with E-state index in [9.17, 15) is 22.8 Å². The van der Waals surface area contributed by atoms with E-state index < -0.39 is 11.7 Å². The number of hydrogen-bond acceptors (Lipinski definition) is 3. The highest BCUT2D eigenvalue weighted by atomic mass is 19.4. The fourth-order valence-corrected chi connectivity index (χ4v) is 3.15. The number of nitrogens with one attached hydrogen (secondary N) is 1. The van der Waals surface area contributed by atoms with Gasteiger partial charge in [0, 0.05) is 25.7 Å². The van der Waals surface area contributed by atoms with Crippen molar-refractivity contribution in [2.24, 2.45) is 0 Å². The SMILES string of the molecule is C=CC(=O)N1CC[C@H](N(C)C(=O)c2cc(-c3ccc(C(F)(F)F)cc3)n[nH]2)C1. The molecule has 0 bridgehead atoms. The van der Waals surface area contributed by atoms with E-state index in [1.165, 1.54) is 24.3 Å². The van der Waals surface area contributed by atoms with E-state index in [2.05, 4.69) is 16.8 Å². The van der Waals surface area contributed by atoms with Crippen LogP contribution in [0.5, 0.6) is 0 Å². The minimum absolute atomic E-state index is 0.130. The van der Waals surface area contributed by atoms with Gasteiger partial charge >= 0.3 is 6.18 Å². The molecule has 6 nitrogen and oxygen atoms in total. The van der Waals surface area contributed by atoms with Crippen LogP contribution in [0.3, 0.4) is 0 Å². The molecule has 9 heteroatoms. The number of carbonyl (C=O) groups excluding carboxylic acids is 2. The van der Waals surface area contributed by atoms with Crippen LogP contribution < -0.4 is 0 Å². The molecule has 2 heterocycles. The molecule has 1 N–H and O–H groups in total. The Morgan fingerprint density at radius 3 is 2.61 bits per heavy atom. The van der Waals surface area contributed by atoms with Gasteiger partial charge in [-0.25, -0.2) is 0 Å². The Balaban J connectivity index is 1.70. The van der Waals surface area contributed by atoms with E-state index in [-0.39, 0.29) is 23.6 Å². The van der Waals surface area contributed by atoms with Gasteiger partial charge in [0.2, 0.25) is 5.91 Å². The fraction of sp³-hybridized carbons (Fsp3) is 0.316. The van der Waals surface area contributed by atoms with Crippen LogP contribution in [0.25, 0.3) is 11.3 Å². The van der Waals surface area contributed by atoms with Crippen LogP contribution in [0.1, 0.15) is 22.5 Å². The summed E-state index contributed by atoms with van der Waals surface area (Å²) < 4.78 is 38.0. The molecule has 0 unspecified atom stereocenters. The lowest BCUT2D eigenvalue weighted by Crippen LogP contribution is -2.40. The van der Waals surface area contributed by atoms with Gasteiger partial charge in [0.25, 0.3) is 5.91 Å². The molecule has 0 saturated carbocycles. The molecule has 0 aliphatic carbocycles. The Bertz CT molecular complexity index is 889. The second-order valence-electron chi connectivity index (χ2n) is 6.59. The molecule has 2 amide bonds. The second kappa shape index (κ2) is 7.49. The van der Waals surface area contributed by atoms with Gasteiger partial charge in [-0.15, -0.1) is 0 Å². The Labute approximate surface area is 159 Å². The number of rotatable bonds is 4. The molecule has 3 rings (SSSR count). The monoisotopic (exact) mass is 392 g/mol. The summed E-state index contributed by atoms with van der Waals surface area (Å²) in [5.41, 5.74) is 0.323. The van der Waals surface area contributed by atoms with E-state index in [0.29, 0.717) is 30.8 Å². The quantitative estimate of drug-likeness (QED) is 0.814. The minimum Gasteiger partial charge on any atom is -0.337 e. The Morgan fingerprint density at radius 1 is 1.32 bits per heavy atom. The number of aromatic amines is 1. The third kappa shape index (κ3) is 3.92. The van der Waals surface area contributed by atoms with Gasteiger partial charge in [-0.05, 0) is 30.7 Å². The van der Waals surface area contributed by atoms with Crippen molar-refractivity contribution in [3.63, 3.8) is 0 Å². The summed E-state index contributed by atoms with van der Waals surface area (Å²) in [7, 11) is 1.65. The Morgan fingerprint density at radius 2 is 2.00 bits per heavy atom. The lowest BCUT2D eigenvalue weighted by Gasteiger charge is -2.24. The van der Waals surface area contributed by atoms with Crippen molar-refractivity contribution in [3.05, 3.63) is 54.2 Å². The van der Waals surface area contributed by atoms with Crippen LogP contribution in [0.4, 0.5) is 13.2 Å². The van der Waals surface area contributed by atoms with Gasteiger partial charge in [0.15, 0.2) is 0 Å². The van der Waals surface area contributed by atoms with Crippen LogP contribution in [0.2, 0.25) is 0 Å². The van der Waals surface area contributed by atoms with Crippen LogP contribution in [0.15, 0.2) is 43.0 Å². The summed E-state index contributed by atoms with van der Waals surface area (Å²) in [5.74, 6) is -0.474. The van der Waals surface area contributed by atoms with Crippen molar-refractivity contribution >= 4 is 11.8 Å². The molecule has 1 aromatic heterocycles. The van der Waals surface area contributed by atoms with Gasteiger partial charge in [0.05, 0.1) is 17.3 Å². The average molecular weight is 392 g/mol. The maximum atomic E-state index is 12.7. The lowest BCUT2D eigenvalue weighted by molar-refractivity contribution is -0.137. The predicted molar refractivity (Wildman–Crippen MR) is 96.3 cm³/mol.